The van der Waals surface area contributed by atoms with Crippen LogP contribution in [0.1, 0.15) is 12.8 Å². The number of ether oxygens (including phenoxy) is 2. The highest BCUT2D eigenvalue weighted by Crippen LogP contribution is 2.17. The zero-order valence-electron chi connectivity index (χ0n) is 11.4. The Morgan fingerprint density at radius 3 is 2.47 bits per heavy atom. The van der Waals surface area contributed by atoms with Crippen LogP contribution >= 0.6 is 0 Å². The molecule has 0 aromatic heterocycles. The number of nitrogens with one attached hydrogen (secondary N) is 1. The molecule has 0 radical (unpaired) electrons. The van der Waals surface area contributed by atoms with Crippen molar-refractivity contribution in [1.29, 1.82) is 0 Å². The Labute approximate surface area is 112 Å². The number of carbonyl (C=O) groups is 2. The lowest BCUT2D eigenvalue weighted by Crippen LogP contribution is -2.48. The van der Waals surface area contributed by atoms with Crippen molar-refractivity contribution >= 4 is 12.0 Å². The molecule has 0 aromatic carbocycles. The zero-order chi connectivity index (χ0) is 14.3. The normalized spacial score (nSPS) is 18.1. The van der Waals surface area contributed by atoms with E-state index in [9.17, 15) is 9.59 Å². The number of hydrogen-bond donors (Lipinski definition) is 2. The van der Waals surface area contributed by atoms with Gasteiger partial charge < -0.3 is 24.8 Å². The molecule has 1 atom stereocenters. The van der Waals surface area contributed by atoms with Gasteiger partial charge in [-0.2, -0.15) is 0 Å². The second-order valence-corrected chi connectivity index (χ2v) is 4.63. The molecule has 0 saturated carbocycles. The van der Waals surface area contributed by atoms with Gasteiger partial charge >= 0.3 is 12.0 Å². The van der Waals surface area contributed by atoms with Gasteiger partial charge in [-0.1, -0.05) is 0 Å². The van der Waals surface area contributed by atoms with Crippen molar-refractivity contribution in [2.24, 2.45) is 5.92 Å². The smallest absolute Gasteiger partial charge is 0.334 e. The second-order valence-electron chi connectivity index (χ2n) is 4.63. The summed E-state index contributed by atoms with van der Waals surface area (Å²) in [6, 6.07) is -0.237. The SMILES string of the molecule is COCC1CCN(C(=O)NCC(OC)C(=O)O)CC1. The van der Waals surface area contributed by atoms with E-state index in [0.717, 1.165) is 19.4 Å². The summed E-state index contributed by atoms with van der Waals surface area (Å²) in [5.41, 5.74) is 0. The molecule has 1 unspecified atom stereocenters. The highest BCUT2D eigenvalue weighted by molar-refractivity contribution is 5.77. The number of methoxy groups -OCH3 is 2. The fourth-order valence-corrected chi connectivity index (χ4v) is 2.10. The van der Waals surface area contributed by atoms with Crippen molar-refractivity contribution in [2.45, 2.75) is 18.9 Å². The Kier molecular flexibility index (Phi) is 6.58. The van der Waals surface area contributed by atoms with Crippen molar-refractivity contribution < 1.29 is 24.2 Å². The lowest BCUT2D eigenvalue weighted by Gasteiger charge is -2.31. The number of rotatable bonds is 6. The Hall–Kier alpha value is -1.34. The zero-order valence-corrected chi connectivity index (χ0v) is 11.4. The molecule has 0 aliphatic carbocycles. The van der Waals surface area contributed by atoms with Crippen LogP contribution in [0.4, 0.5) is 4.79 Å². The molecule has 0 aromatic rings. The molecule has 1 rings (SSSR count). The maximum atomic E-state index is 11.8. The first-order chi connectivity index (χ1) is 9.08. The Morgan fingerprint density at radius 1 is 1.37 bits per heavy atom. The Bertz CT molecular complexity index is 302. The number of piperidine rings is 1. The number of nitrogens with zero attached hydrogens (tertiary/aromatic N) is 1. The van der Waals surface area contributed by atoms with Gasteiger partial charge in [0.2, 0.25) is 0 Å². The summed E-state index contributed by atoms with van der Waals surface area (Å²) < 4.78 is 9.85. The van der Waals surface area contributed by atoms with Crippen molar-refractivity contribution in [1.82, 2.24) is 10.2 Å². The van der Waals surface area contributed by atoms with Gasteiger partial charge in [-0.15, -0.1) is 0 Å². The van der Waals surface area contributed by atoms with E-state index in [1.165, 1.54) is 7.11 Å². The molecule has 7 heteroatoms. The van der Waals surface area contributed by atoms with Gasteiger partial charge in [0, 0.05) is 33.9 Å². The van der Waals surface area contributed by atoms with E-state index in [2.05, 4.69) is 5.32 Å². The molecule has 110 valence electrons. The van der Waals surface area contributed by atoms with Crippen molar-refractivity contribution in [3.8, 4) is 0 Å². The second kappa shape index (κ2) is 7.96. The predicted octanol–water partition coefficient (Wildman–Crippen LogP) is 0.154. The molecule has 2 amide bonds. The van der Waals surface area contributed by atoms with Crippen molar-refractivity contribution in [3.63, 3.8) is 0 Å². The molecule has 19 heavy (non-hydrogen) atoms. The lowest BCUT2D eigenvalue weighted by molar-refractivity contribution is -0.148. The minimum absolute atomic E-state index is 0.0251. The first-order valence-corrected chi connectivity index (χ1v) is 6.35. The molecule has 1 saturated heterocycles. The van der Waals surface area contributed by atoms with Crippen LogP contribution in [0.2, 0.25) is 0 Å². The molecule has 1 aliphatic rings. The molecular formula is C12H22N2O5. The Balaban J connectivity index is 2.29. The maximum absolute atomic E-state index is 11.8. The fourth-order valence-electron chi connectivity index (χ4n) is 2.10. The van der Waals surface area contributed by atoms with Gasteiger partial charge in [-0.3, -0.25) is 0 Å². The van der Waals surface area contributed by atoms with Crippen molar-refractivity contribution in [3.05, 3.63) is 0 Å². The standard InChI is InChI=1S/C12H22N2O5/c1-18-8-9-3-5-14(6-4-9)12(17)13-7-10(19-2)11(15)16/h9-10H,3-8H2,1-2H3,(H,13,17)(H,15,16). The van der Waals surface area contributed by atoms with Crippen LogP contribution in [0.25, 0.3) is 0 Å². The monoisotopic (exact) mass is 274 g/mol. The third-order valence-corrected chi connectivity index (χ3v) is 3.30. The van der Waals surface area contributed by atoms with E-state index in [4.69, 9.17) is 14.6 Å². The van der Waals surface area contributed by atoms with E-state index in [1.807, 2.05) is 0 Å². The number of carboxylic acid groups (broad SMARTS) is 1. The van der Waals surface area contributed by atoms with E-state index in [0.29, 0.717) is 19.0 Å². The first kappa shape index (κ1) is 15.7. The average Bonchev–Trinajstić information content (AvgIpc) is 2.40. The third kappa shape index (κ3) is 5.04. The summed E-state index contributed by atoms with van der Waals surface area (Å²) in [7, 11) is 2.98. The third-order valence-electron chi connectivity index (χ3n) is 3.30. The number of amides is 2. The highest BCUT2D eigenvalue weighted by Gasteiger charge is 2.24. The lowest BCUT2D eigenvalue weighted by atomic mass is 9.98. The molecule has 0 bridgehead atoms. The van der Waals surface area contributed by atoms with Crippen LogP contribution in [0.3, 0.4) is 0 Å². The van der Waals surface area contributed by atoms with E-state index < -0.39 is 12.1 Å². The number of hydrogen-bond acceptors (Lipinski definition) is 4. The quantitative estimate of drug-likeness (QED) is 0.720. The molecule has 1 heterocycles. The number of urea groups is 1. The highest BCUT2D eigenvalue weighted by atomic mass is 16.5. The van der Waals surface area contributed by atoms with Crippen LogP contribution in [0.5, 0.6) is 0 Å². The Morgan fingerprint density at radius 2 is 2.00 bits per heavy atom. The average molecular weight is 274 g/mol. The number of aliphatic carboxylic acids is 1. The summed E-state index contributed by atoms with van der Waals surface area (Å²) >= 11 is 0. The number of carboxylic acids is 1. The topological polar surface area (TPSA) is 88.1 Å². The maximum Gasteiger partial charge on any atom is 0.334 e. The van der Waals surface area contributed by atoms with Crippen LogP contribution < -0.4 is 5.32 Å². The first-order valence-electron chi connectivity index (χ1n) is 6.35. The van der Waals surface area contributed by atoms with Crippen LogP contribution in [-0.2, 0) is 14.3 Å². The molecule has 2 N–H and O–H groups in total. The summed E-state index contributed by atoms with van der Waals surface area (Å²) in [4.78, 5) is 24.3. The van der Waals surface area contributed by atoms with E-state index in [-0.39, 0.29) is 12.6 Å². The van der Waals surface area contributed by atoms with Gasteiger partial charge in [0.1, 0.15) is 0 Å². The van der Waals surface area contributed by atoms with Gasteiger partial charge in [-0.25, -0.2) is 9.59 Å². The molecule has 7 nitrogen and oxygen atoms in total. The van der Waals surface area contributed by atoms with E-state index in [1.54, 1.807) is 12.0 Å². The fraction of sp³-hybridized carbons (Fsp3) is 0.833. The molecule has 1 fully saturated rings. The predicted molar refractivity (Wildman–Crippen MR) is 68.0 cm³/mol. The minimum Gasteiger partial charge on any atom is -0.479 e. The minimum atomic E-state index is -1.08. The van der Waals surface area contributed by atoms with Gasteiger partial charge in [0.05, 0.1) is 6.54 Å². The van der Waals surface area contributed by atoms with E-state index >= 15 is 0 Å². The van der Waals surface area contributed by atoms with Gasteiger partial charge in [-0.05, 0) is 18.8 Å². The van der Waals surface area contributed by atoms with Gasteiger partial charge in [0.15, 0.2) is 6.10 Å². The van der Waals surface area contributed by atoms with Crippen LogP contribution in [-0.4, -0.2) is 68.6 Å². The summed E-state index contributed by atoms with van der Waals surface area (Å²) in [6.07, 6.45) is 0.817. The van der Waals surface area contributed by atoms with Crippen molar-refractivity contribution in [2.75, 3.05) is 40.5 Å². The van der Waals surface area contributed by atoms with Crippen LogP contribution in [0, 0.1) is 5.92 Å². The largest absolute Gasteiger partial charge is 0.479 e. The van der Waals surface area contributed by atoms with Gasteiger partial charge in [0.25, 0.3) is 0 Å². The molecule has 1 aliphatic heterocycles. The molecule has 0 spiro atoms. The number of carbonyl (C=O) groups excluding carboxylic acids is 1. The molecular weight excluding hydrogens is 252 g/mol. The summed E-state index contributed by atoms with van der Waals surface area (Å²) in [6.45, 7) is 2.04. The summed E-state index contributed by atoms with van der Waals surface area (Å²) in [5.74, 6) is -0.582. The number of likely N-dealkylation sites (tertiary alicyclic amines) is 1. The summed E-state index contributed by atoms with van der Waals surface area (Å²) in [5, 5.41) is 11.4. The van der Waals surface area contributed by atoms with Crippen LogP contribution in [0.15, 0.2) is 0 Å².